The molecule has 0 spiro atoms. The van der Waals surface area contributed by atoms with E-state index in [-0.39, 0.29) is 6.04 Å². The van der Waals surface area contributed by atoms with Crippen LogP contribution in [0.2, 0.25) is 0 Å². The second-order valence-corrected chi connectivity index (χ2v) is 6.29. The van der Waals surface area contributed by atoms with Gasteiger partial charge in [0.05, 0.1) is 44.0 Å². The van der Waals surface area contributed by atoms with Gasteiger partial charge in [0.15, 0.2) is 0 Å². The maximum atomic E-state index is 5.71. The van der Waals surface area contributed by atoms with Crippen LogP contribution in [0.1, 0.15) is 17.6 Å². The monoisotopic (exact) mass is 350 g/mol. The summed E-state index contributed by atoms with van der Waals surface area (Å²) < 4.78 is 10.9. The lowest BCUT2D eigenvalue weighted by molar-refractivity contribution is -0.0161. The summed E-state index contributed by atoms with van der Waals surface area (Å²) in [6.45, 7) is 3.00. The highest BCUT2D eigenvalue weighted by molar-refractivity contribution is 5.59. The number of rotatable bonds is 5. The lowest BCUT2D eigenvalue weighted by atomic mass is 10.1. The second-order valence-electron chi connectivity index (χ2n) is 6.29. The predicted molar refractivity (Wildman–Crippen MR) is 98.8 cm³/mol. The molecule has 1 atom stereocenters. The Kier molecular flexibility index (Phi) is 4.95. The number of nitrogens with zero attached hydrogens (tertiary/aromatic N) is 3. The van der Waals surface area contributed by atoms with Crippen LogP contribution >= 0.6 is 0 Å². The van der Waals surface area contributed by atoms with Gasteiger partial charge in [0.2, 0.25) is 0 Å². The van der Waals surface area contributed by atoms with E-state index in [0.29, 0.717) is 6.61 Å². The van der Waals surface area contributed by atoms with Crippen molar-refractivity contribution in [3.8, 4) is 17.0 Å². The summed E-state index contributed by atoms with van der Waals surface area (Å²) in [5, 5.41) is 0. The number of H-pyrrole nitrogens is 1. The normalized spacial score (nSPS) is 18.0. The van der Waals surface area contributed by atoms with Gasteiger partial charge in [-0.3, -0.25) is 9.88 Å². The molecule has 4 rings (SSSR count). The third kappa shape index (κ3) is 3.61. The van der Waals surface area contributed by atoms with Gasteiger partial charge in [-0.2, -0.15) is 0 Å². The Bertz CT molecular complexity index is 833. The van der Waals surface area contributed by atoms with Crippen LogP contribution in [0, 0.1) is 0 Å². The minimum absolute atomic E-state index is 0.0951. The number of benzene rings is 1. The Morgan fingerprint density at radius 1 is 1.19 bits per heavy atom. The topological polar surface area (TPSA) is 63.3 Å². The number of morpholine rings is 1. The molecule has 6 nitrogen and oxygen atoms in total. The number of nitrogens with one attached hydrogen (secondary N) is 1. The van der Waals surface area contributed by atoms with Crippen molar-refractivity contribution >= 4 is 0 Å². The van der Waals surface area contributed by atoms with E-state index in [1.807, 2.05) is 48.8 Å². The van der Waals surface area contributed by atoms with Crippen molar-refractivity contribution in [2.24, 2.45) is 0 Å². The first-order valence-corrected chi connectivity index (χ1v) is 8.74. The van der Waals surface area contributed by atoms with E-state index in [0.717, 1.165) is 48.2 Å². The molecule has 26 heavy (non-hydrogen) atoms. The molecule has 1 fully saturated rings. The fraction of sp³-hybridized carbons (Fsp3) is 0.300. The van der Waals surface area contributed by atoms with Crippen molar-refractivity contribution in [3.63, 3.8) is 0 Å². The van der Waals surface area contributed by atoms with Gasteiger partial charge in [-0.05, 0) is 42.0 Å². The van der Waals surface area contributed by atoms with E-state index in [2.05, 4.69) is 25.9 Å². The number of aromatic nitrogens is 3. The molecule has 1 aliphatic heterocycles. The summed E-state index contributed by atoms with van der Waals surface area (Å²) in [6.07, 6.45) is 3.71. The standard InChI is InChI=1S/C20H22N4O2/c1-25-17-7-5-15(6-8-17)18-12-22-20(23-18)19-14-26-11-10-24(19)13-16-4-2-3-9-21-16/h2-9,12,19H,10-11,13-14H2,1H3,(H,22,23)/t19-/m0/s1. The maximum absolute atomic E-state index is 5.71. The molecule has 0 radical (unpaired) electrons. The Morgan fingerprint density at radius 3 is 2.85 bits per heavy atom. The van der Waals surface area contributed by atoms with E-state index in [1.165, 1.54) is 0 Å². The highest BCUT2D eigenvalue weighted by Crippen LogP contribution is 2.27. The van der Waals surface area contributed by atoms with Crippen molar-refractivity contribution in [2.45, 2.75) is 12.6 Å². The highest BCUT2D eigenvalue weighted by atomic mass is 16.5. The van der Waals surface area contributed by atoms with Gasteiger partial charge in [0.1, 0.15) is 11.6 Å². The van der Waals surface area contributed by atoms with Gasteiger partial charge in [0, 0.05) is 19.3 Å². The molecule has 3 aromatic rings. The zero-order valence-electron chi connectivity index (χ0n) is 14.8. The predicted octanol–water partition coefficient (Wildman–Crippen LogP) is 3.05. The van der Waals surface area contributed by atoms with Crippen LogP contribution in [0.5, 0.6) is 5.75 Å². The number of ether oxygens (including phenoxy) is 2. The van der Waals surface area contributed by atoms with Gasteiger partial charge < -0.3 is 14.5 Å². The molecular weight excluding hydrogens is 328 g/mol. The van der Waals surface area contributed by atoms with Crippen molar-refractivity contribution in [1.29, 1.82) is 0 Å². The van der Waals surface area contributed by atoms with E-state index in [4.69, 9.17) is 9.47 Å². The highest BCUT2D eigenvalue weighted by Gasteiger charge is 2.27. The molecule has 0 saturated carbocycles. The van der Waals surface area contributed by atoms with Crippen molar-refractivity contribution in [3.05, 3.63) is 66.4 Å². The number of imidazole rings is 1. The average molecular weight is 350 g/mol. The Hall–Kier alpha value is -2.70. The summed E-state index contributed by atoms with van der Waals surface area (Å²) in [5.74, 6) is 1.77. The molecular formula is C20H22N4O2. The average Bonchev–Trinajstić information content (AvgIpc) is 3.19. The fourth-order valence-corrected chi connectivity index (χ4v) is 3.20. The minimum Gasteiger partial charge on any atom is -0.497 e. The molecule has 0 amide bonds. The first kappa shape index (κ1) is 16.8. The largest absolute Gasteiger partial charge is 0.497 e. The number of pyridine rings is 1. The smallest absolute Gasteiger partial charge is 0.126 e. The van der Waals surface area contributed by atoms with Crippen LogP contribution in [-0.4, -0.2) is 46.7 Å². The number of methoxy groups -OCH3 is 1. The Labute approximate surface area is 152 Å². The van der Waals surface area contributed by atoms with Gasteiger partial charge in [0.25, 0.3) is 0 Å². The Balaban J connectivity index is 1.54. The first-order valence-electron chi connectivity index (χ1n) is 8.74. The van der Waals surface area contributed by atoms with Gasteiger partial charge >= 0.3 is 0 Å². The third-order valence-corrected chi connectivity index (χ3v) is 4.64. The number of aromatic amines is 1. The van der Waals surface area contributed by atoms with E-state index in [9.17, 15) is 0 Å². The summed E-state index contributed by atoms with van der Waals surface area (Å²) in [4.78, 5) is 14.9. The summed E-state index contributed by atoms with van der Waals surface area (Å²) >= 11 is 0. The summed E-state index contributed by atoms with van der Waals surface area (Å²) in [5.41, 5.74) is 3.13. The van der Waals surface area contributed by atoms with E-state index >= 15 is 0 Å². The minimum atomic E-state index is 0.0951. The van der Waals surface area contributed by atoms with Crippen LogP contribution in [0.15, 0.2) is 54.9 Å². The molecule has 6 heteroatoms. The van der Waals surface area contributed by atoms with Crippen LogP contribution < -0.4 is 4.74 Å². The quantitative estimate of drug-likeness (QED) is 0.766. The second kappa shape index (κ2) is 7.68. The summed E-state index contributed by atoms with van der Waals surface area (Å²) in [7, 11) is 1.67. The summed E-state index contributed by atoms with van der Waals surface area (Å²) in [6, 6.07) is 14.1. The van der Waals surface area contributed by atoms with Gasteiger partial charge in [-0.1, -0.05) is 6.07 Å². The third-order valence-electron chi connectivity index (χ3n) is 4.64. The SMILES string of the molecule is COc1ccc(-c2cnc([C@@H]3COCCN3Cc3ccccn3)[nH]2)cc1. The van der Waals surface area contributed by atoms with Crippen molar-refractivity contribution < 1.29 is 9.47 Å². The molecule has 0 bridgehead atoms. The van der Waals surface area contributed by atoms with Crippen molar-refractivity contribution in [1.82, 2.24) is 19.9 Å². The maximum Gasteiger partial charge on any atom is 0.126 e. The Morgan fingerprint density at radius 2 is 2.08 bits per heavy atom. The lowest BCUT2D eigenvalue weighted by Gasteiger charge is -2.34. The van der Waals surface area contributed by atoms with E-state index in [1.54, 1.807) is 7.11 Å². The van der Waals surface area contributed by atoms with E-state index < -0.39 is 0 Å². The fourth-order valence-electron chi connectivity index (χ4n) is 3.20. The van der Waals surface area contributed by atoms with Gasteiger partial charge in [-0.15, -0.1) is 0 Å². The lowest BCUT2D eigenvalue weighted by Crippen LogP contribution is -2.39. The zero-order chi connectivity index (χ0) is 17.8. The molecule has 134 valence electrons. The number of hydrogen-bond donors (Lipinski definition) is 1. The molecule has 3 heterocycles. The molecule has 1 aliphatic rings. The van der Waals surface area contributed by atoms with Gasteiger partial charge in [-0.25, -0.2) is 4.98 Å². The zero-order valence-corrected chi connectivity index (χ0v) is 14.8. The molecule has 0 aliphatic carbocycles. The first-order chi connectivity index (χ1) is 12.8. The van der Waals surface area contributed by atoms with Crippen molar-refractivity contribution in [2.75, 3.05) is 26.9 Å². The van der Waals surface area contributed by atoms with Crippen LogP contribution in [0.25, 0.3) is 11.3 Å². The molecule has 1 aromatic carbocycles. The van der Waals surface area contributed by atoms with Crippen LogP contribution in [0.3, 0.4) is 0 Å². The van der Waals surface area contributed by atoms with Crippen LogP contribution in [0.4, 0.5) is 0 Å². The van der Waals surface area contributed by atoms with Crippen LogP contribution in [-0.2, 0) is 11.3 Å². The molecule has 2 aromatic heterocycles. The molecule has 1 saturated heterocycles. The molecule has 1 N–H and O–H groups in total. The number of hydrogen-bond acceptors (Lipinski definition) is 5. The molecule has 0 unspecified atom stereocenters.